The largest absolute Gasteiger partial charge is 0.340 e. The molecule has 0 radical (unpaired) electrons. The van der Waals surface area contributed by atoms with E-state index in [0.29, 0.717) is 50.6 Å². The molecule has 4 rings (SSSR count). The van der Waals surface area contributed by atoms with Gasteiger partial charge in [-0.25, -0.2) is 8.42 Å². The fourth-order valence-electron chi connectivity index (χ4n) is 4.27. The van der Waals surface area contributed by atoms with Crippen molar-refractivity contribution in [1.82, 2.24) is 24.2 Å². The van der Waals surface area contributed by atoms with E-state index in [0.717, 1.165) is 26.1 Å². The van der Waals surface area contributed by atoms with Crippen LogP contribution in [0.25, 0.3) is 0 Å². The van der Waals surface area contributed by atoms with E-state index in [1.165, 1.54) is 16.1 Å². The molecule has 1 aromatic heterocycles. The smallest absolute Gasteiger partial charge is 0.227 e. The number of carbonyl (C=O) groups is 1. The molecule has 31 heavy (non-hydrogen) atoms. The topological polar surface area (TPSA) is 99.8 Å². The maximum atomic E-state index is 12.6. The molecule has 2 aliphatic rings. The first-order chi connectivity index (χ1) is 14.9. The van der Waals surface area contributed by atoms with Crippen molar-refractivity contribution >= 4 is 15.9 Å². The third-order valence-corrected chi connectivity index (χ3v) is 7.23. The molecule has 1 amide bonds. The summed E-state index contributed by atoms with van der Waals surface area (Å²) in [6.07, 6.45) is 3.32. The van der Waals surface area contributed by atoms with E-state index in [4.69, 9.17) is 4.52 Å². The molecule has 3 heterocycles. The lowest BCUT2D eigenvalue weighted by Crippen LogP contribution is -2.48. The quantitative estimate of drug-likeness (QED) is 0.633. The second-order valence-electron chi connectivity index (χ2n) is 8.22. The summed E-state index contributed by atoms with van der Waals surface area (Å²) in [4.78, 5) is 21.2. The molecule has 2 aromatic rings. The highest BCUT2D eigenvalue weighted by molar-refractivity contribution is 7.88. The molecule has 10 heteroatoms. The number of benzene rings is 1. The molecule has 2 aliphatic heterocycles. The van der Waals surface area contributed by atoms with Crippen LogP contribution in [0.1, 0.15) is 42.6 Å². The van der Waals surface area contributed by atoms with Crippen LogP contribution in [0.5, 0.6) is 0 Å². The summed E-state index contributed by atoms with van der Waals surface area (Å²) in [6, 6.07) is 9.98. The van der Waals surface area contributed by atoms with Crippen LogP contribution < -0.4 is 0 Å². The number of hydrogen-bond donors (Lipinski definition) is 0. The number of carbonyl (C=O) groups excluding carboxylic acids is 1. The number of piperazine rings is 1. The van der Waals surface area contributed by atoms with Crippen LogP contribution in [0.15, 0.2) is 34.9 Å². The second kappa shape index (κ2) is 9.46. The predicted octanol–water partition coefficient (Wildman–Crippen LogP) is 1.44. The lowest BCUT2D eigenvalue weighted by Gasteiger charge is -2.34. The van der Waals surface area contributed by atoms with Crippen LogP contribution in [0, 0.1) is 0 Å². The number of rotatable bonds is 7. The molecule has 9 nitrogen and oxygen atoms in total. The number of aromatic nitrogens is 2. The van der Waals surface area contributed by atoms with Gasteiger partial charge < -0.3 is 9.42 Å². The highest BCUT2D eigenvalue weighted by Crippen LogP contribution is 2.32. The van der Waals surface area contributed by atoms with Crippen molar-refractivity contribution in [2.24, 2.45) is 0 Å². The van der Waals surface area contributed by atoms with E-state index in [2.05, 4.69) is 27.2 Å². The van der Waals surface area contributed by atoms with Gasteiger partial charge in [-0.05, 0) is 18.4 Å². The van der Waals surface area contributed by atoms with Crippen molar-refractivity contribution in [3.8, 4) is 0 Å². The van der Waals surface area contributed by atoms with Crippen molar-refractivity contribution in [1.29, 1.82) is 0 Å². The van der Waals surface area contributed by atoms with Gasteiger partial charge in [0.05, 0.1) is 12.3 Å². The molecule has 1 atom stereocenters. The van der Waals surface area contributed by atoms with Crippen LogP contribution in [0.2, 0.25) is 0 Å². The Hall–Kier alpha value is -2.30. The minimum atomic E-state index is -3.31. The van der Waals surface area contributed by atoms with E-state index >= 15 is 0 Å². The van der Waals surface area contributed by atoms with E-state index in [-0.39, 0.29) is 11.9 Å². The average molecular weight is 448 g/mol. The van der Waals surface area contributed by atoms with Gasteiger partial charge in [0.25, 0.3) is 0 Å². The maximum Gasteiger partial charge on any atom is 0.227 e. The fraction of sp³-hybridized carbons (Fsp3) is 0.571. The summed E-state index contributed by atoms with van der Waals surface area (Å²) in [7, 11) is -3.31. The maximum absolute atomic E-state index is 12.6. The molecular weight excluding hydrogens is 418 g/mol. The lowest BCUT2D eigenvalue weighted by atomic mass is 10.2. The number of sulfonamides is 1. The van der Waals surface area contributed by atoms with Crippen molar-refractivity contribution in [2.75, 3.05) is 39.0 Å². The summed E-state index contributed by atoms with van der Waals surface area (Å²) < 4.78 is 30.6. The Balaban J connectivity index is 1.24. The predicted molar refractivity (Wildman–Crippen MR) is 114 cm³/mol. The average Bonchev–Trinajstić information content (AvgIpc) is 3.42. The lowest BCUT2D eigenvalue weighted by molar-refractivity contribution is -0.133. The molecule has 1 unspecified atom stereocenters. The third kappa shape index (κ3) is 5.50. The zero-order chi connectivity index (χ0) is 21.8. The Labute approximate surface area is 183 Å². The highest BCUT2D eigenvalue weighted by Gasteiger charge is 2.35. The molecule has 0 spiro atoms. The summed E-state index contributed by atoms with van der Waals surface area (Å²) in [5, 5.41) is 3.98. The van der Waals surface area contributed by atoms with Gasteiger partial charge in [0, 0.05) is 52.1 Å². The Morgan fingerprint density at radius 1 is 1.13 bits per heavy atom. The van der Waals surface area contributed by atoms with Gasteiger partial charge in [0.2, 0.25) is 21.8 Å². The SMILES string of the molecule is CS(=O)(=O)N1CCCC1c1noc(CCC(=O)N2CCN(Cc3ccccc3)CC2)n1. The van der Waals surface area contributed by atoms with Crippen LogP contribution in [0.3, 0.4) is 0 Å². The van der Waals surface area contributed by atoms with Gasteiger partial charge >= 0.3 is 0 Å². The molecule has 0 bridgehead atoms. The molecule has 168 valence electrons. The van der Waals surface area contributed by atoms with Gasteiger partial charge in [0.15, 0.2) is 5.82 Å². The zero-order valence-electron chi connectivity index (χ0n) is 17.8. The number of hydrogen-bond acceptors (Lipinski definition) is 7. The summed E-state index contributed by atoms with van der Waals surface area (Å²) in [5.74, 6) is 0.851. The minimum absolute atomic E-state index is 0.0812. The molecule has 0 aliphatic carbocycles. The Bertz CT molecular complexity index is 986. The second-order valence-corrected chi connectivity index (χ2v) is 10.2. The molecule has 0 N–H and O–H groups in total. The summed E-state index contributed by atoms with van der Waals surface area (Å²) >= 11 is 0. The monoisotopic (exact) mass is 447 g/mol. The molecule has 1 aromatic carbocycles. The normalized spacial score (nSPS) is 20.9. The first-order valence-electron chi connectivity index (χ1n) is 10.7. The van der Waals surface area contributed by atoms with Crippen molar-refractivity contribution in [2.45, 2.75) is 38.3 Å². The van der Waals surface area contributed by atoms with Crippen LogP contribution in [-0.4, -0.2) is 77.6 Å². The number of amides is 1. The van der Waals surface area contributed by atoms with Gasteiger partial charge in [-0.15, -0.1) is 0 Å². The molecule has 2 saturated heterocycles. The first kappa shape index (κ1) is 21.9. The standard InChI is InChI=1S/C21H29N5O4S/c1-31(28,29)26-11-5-8-18(26)21-22-19(30-23-21)9-10-20(27)25-14-12-24(13-15-25)16-17-6-3-2-4-7-17/h2-4,6-7,18H,5,8-16H2,1H3. The van der Waals surface area contributed by atoms with Gasteiger partial charge in [-0.2, -0.15) is 9.29 Å². The third-order valence-electron chi connectivity index (χ3n) is 5.94. The van der Waals surface area contributed by atoms with Crippen molar-refractivity contribution < 1.29 is 17.7 Å². The highest BCUT2D eigenvalue weighted by atomic mass is 32.2. The number of aryl methyl sites for hydroxylation is 1. The molecule has 2 fully saturated rings. The van der Waals surface area contributed by atoms with Crippen molar-refractivity contribution in [3.05, 3.63) is 47.6 Å². The van der Waals surface area contributed by atoms with E-state index in [1.807, 2.05) is 23.1 Å². The first-order valence-corrected chi connectivity index (χ1v) is 12.6. The fourth-order valence-corrected chi connectivity index (χ4v) is 5.39. The summed E-state index contributed by atoms with van der Waals surface area (Å²) in [6.45, 7) is 4.52. The van der Waals surface area contributed by atoms with Crippen LogP contribution >= 0.6 is 0 Å². The Morgan fingerprint density at radius 3 is 2.58 bits per heavy atom. The Kier molecular flexibility index (Phi) is 6.68. The molecular formula is C21H29N5O4S. The zero-order valence-corrected chi connectivity index (χ0v) is 18.6. The van der Waals surface area contributed by atoms with Gasteiger partial charge in [-0.3, -0.25) is 9.69 Å². The minimum Gasteiger partial charge on any atom is -0.340 e. The summed E-state index contributed by atoms with van der Waals surface area (Å²) in [5.41, 5.74) is 1.28. The van der Waals surface area contributed by atoms with Gasteiger partial charge in [0.1, 0.15) is 0 Å². The van der Waals surface area contributed by atoms with Crippen LogP contribution in [-0.2, 0) is 27.8 Å². The van der Waals surface area contributed by atoms with E-state index < -0.39 is 10.0 Å². The Morgan fingerprint density at radius 2 is 1.87 bits per heavy atom. The number of nitrogens with zero attached hydrogens (tertiary/aromatic N) is 5. The van der Waals surface area contributed by atoms with Gasteiger partial charge in [-0.1, -0.05) is 35.5 Å². The van der Waals surface area contributed by atoms with E-state index in [9.17, 15) is 13.2 Å². The van der Waals surface area contributed by atoms with E-state index in [1.54, 1.807) is 0 Å². The van der Waals surface area contributed by atoms with Crippen molar-refractivity contribution in [3.63, 3.8) is 0 Å². The van der Waals surface area contributed by atoms with Crippen LogP contribution in [0.4, 0.5) is 0 Å². The molecule has 0 saturated carbocycles.